The average Bonchev–Trinajstić information content (AvgIpc) is 2.77. The van der Waals surface area contributed by atoms with Crippen LogP contribution in [0, 0.1) is 0 Å². The highest BCUT2D eigenvalue weighted by Gasteiger charge is 2.33. The summed E-state index contributed by atoms with van der Waals surface area (Å²) in [5, 5.41) is 2.97. The minimum absolute atomic E-state index is 0.113. The second kappa shape index (κ2) is 4.62. The lowest BCUT2D eigenvalue weighted by Gasteiger charge is -2.21. The van der Waals surface area contributed by atoms with Gasteiger partial charge >= 0.3 is 0 Å². The van der Waals surface area contributed by atoms with Gasteiger partial charge in [-0.1, -0.05) is 6.07 Å². The van der Waals surface area contributed by atoms with Gasteiger partial charge in [0.2, 0.25) is 10.0 Å². The zero-order chi connectivity index (χ0) is 12.5. The van der Waals surface area contributed by atoms with Crippen LogP contribution in [0.2, 0.25) is 0 Å². The maximum Gasteiger partial charge on any atom is 0.211 e. The third-order valence-electron chi connectivity index (χ3n) is 3.00. The van der Waals surface area contributed by atoms with E-state index in [-0.39, 0.29) is 6.04 Å². The van der Waals surface area contributed by atoms with Gasteiger partial charge < -0.3 is 5.32 Å². The Hall–Kier alpha value is -1.14. The molecule has 0 spiro atoms. The van der Waals surface area contributed by atoms with Crippen LogP contribution in [0.4, 0.5) is 5.82 Å². The molecule has 0 amide bonds. The van der Waals surface area contributed by atoms with Crippen LogP contribution >= 0.6 is 0 Å². The van der Waals surface area contributed by atoms with Gasteiger partial charge in [-0.2, -0.15) is 4.31 Å². The molecule has 0 saturated carbocycles. The van der Waals surface area contributed by atoms with Gasteiger partial charge in [0.1, 0.15) is 5.82 Å². The van der Waals surface area contributed by atoms with Gasteiger partial charge in [0.25, 0.3) is 0 Å². The molecule has 1 aliphatic heterocycles. The highest BCUT2D eigenvalue weighted by atomic mass is 32.2. The maximum atomic E-state index is 11.7. The van der Waals surface area contributed by atoms with Gasteiger partial charge in [0.15, 0.2) is 0 Å². The Morgan fingerprint density at radius 2 is 2.24 bits per heavy atom. The average molecular weight is 255 g/mol. The second-order valence-electron chi connectivity index (χ2n) is 4.23. The SMILES string of the molecule is CNc1cccc([C@H]2CCCN2S(C)(=O)=O)n1. The smallest absolute Gasteiger partial charge is 0.211 e. The van der Waals surface area contributed by atoms with Crippen molar-refractivity contribution < 1.29 is 8.42 Å². The fourth-order valence-corrected chi connectivity index (χ4v) is 3.35. The van der Waals surface area contributed by atoms with Crippen LogP contribution in [-0.4, -0.2) is 37.6 Å². The van der Waals surface area contributed by atoms with Crippen molar-refractivity contribution in [2.75, 3.05) is 25.2 Å². The molecule has 0 bridgehead atoms. The third-order valence-corrected chi connectivity index (χ3v) is 4.29. The molecule has 2 rings (SSSR count). The summed E-state index contributed by atoms with van der Waals surface area (Å²) < 4.78 is 24.8. The maximum absolute atomic E-state index is 11.7. The molecule has 0 aliphatic carbocycles. The van der Waals surface area contributed by atoms with Crippen LogP contribution in [0.5, 0.6) is 0 Å². The molecule has 1 aromatic rings. The van der Waals surface area contributed by atoms with E-state index in [4.69, 9.17) is 0 Å². The zero-order valence-corrected chi connectivity index (χ0v) is 10.9. The van der Waals surface area contributed by atoms with Gasteiger partial charge in [-0.05, 0) is 25.0 Å². The molecule has 17 heavy (non-hydrogen) atoms. The molecular formula is C11H17N3O2S. The van der Waals surface area contributed by atoms with Gasteiger partial charge in [-0.25, -0.2) is 13.4 Å². The van der Waals surface area contributed by atoms with E-state index in [0.717, 1.165) is 24.4 Å². The standard InChI is InChI=1S/C11H17N3O2S/c1-12-11-7-3-5-9(13-11)10-6-4-8-14(10)17(2,15)16/h3,5,7,10H,4,6,8H2,1-2H3,(H,12,13)/t10-/m1/s1. The summed E-state index contributed by atoms with van der Waals surface area (Å²) in [5.41, 5.74) is 0.819. The number of nitrogens with one attached hydrogen (secondary N) is 1. The Morgan fingerprint density at radius 1 is 1.47 bits per heavy atom. The van der Waals surface area contributed by atoms with Crippen molar-refractivity contribution in [2.45, 2.75) is 18.9 Å². The van der Waals surface area contributed by atoms with Crippen molar-refractivity contribution in [1.82, 2.24) is 9.29 Å². The van der Waals surface area contributed by atoms with E-state index < -0.39 is 10.0 Å². The Morgan fingerprint density at radius 3 is 2.88 bits per heavy atom. The molecule has 5 nitrogen and oxygen atoms in total. The molecule has 1 N–H and O–H groups in total. The van der Waals surface area contributed by atoms with Crippen LogP contribution in [0.15, 0.2) is 18.2 Å². The number of sulfonamides is 1. The summed E-state index contributed by atoms with van der Waals surface area (Å²) in [6.45, 7) is 0.592. The number of anilines is 1. The predicted octanol–water partition coefficient (Wildman–Crippen LogP) is 1.22. The molecule has 1 fully saturated rings. The van der Waals surface area contributed by atoms with Gasteiger partial charge in [0, 0.05) is 13.6 Å². The van der Waals surface area contributed by atoms with E-state index in [0.29, 0.717) is 6.54 Å². The lowest BCUT2D eigenvalue weighted by atomic mass is 10.1. The fraction of sp³-hybridized carbons (Fsp3) is 0.545. The lowest BCUT2D eigenvalue weighted by molar-refractivity contribution is 0.394. The molecule has 1 aliphatic rings. The van der Waals surface area contributed by atoms with Crippen LogP contribution in [0.25, 0.3) is 0 Å². The van der Waals surface area contributed by atoms with E-state index in [2.05, 4.69) is 10.3 Å². The van der Waals surface area contributed by atoms with Crippen LogP contribution in [-0.2, 0) is 10.0 Å². The van der Waals surface area contributed by atoms with Crippen molar-refractivity contribution in [1.29, 1.82) is 0 Å². The van der Waals surface area contributed by atoms with Crippen LogP contribution in [0.3, 0.4) is 0 Å². The fourth-order valence-electron chi connectivity index (χ4n) is 2.21. The molecular weight excluding hydrogens is 238 g/mol. The van der Waals surface area contributed by atoms with Gasteiger partial charge in [-0.3, -0.25) is 0 Å². The molecule has 1 atom stereocenters. The molecule has 2 heterocycles. The Bertz CT molecular complexity index is 501. The molecule has 94 valence electrons. The minimum Gasteiger partial charge on any atom is -0.373 e. The molecule has 6 heteroatoms. The first-order chi connectivity index (χ1) is 8.02. The topological polar surface area (TPSA) is 62.3 Å². The third kappa shape index (κ3) is 2.58. The zero-order valence-electron chi connectivity index (χ0n) is 10.0. The second-order valence-corrected chi connectivity index (χ2v) is 6.16. The van der Waals surface area contributed by atoms with E-state index in [1.54, 1.807) is 7.05 Å². The van der Waals surface area contributed by atoms with Crippen molar-refractivity contribution in [3.63, 3.8) is 0 Å². The largest absolute Gasteiger partial charge is 0.373 e. The van der Waals surface area contributed by atoms with E-state index in [9.17, 15) is 8.42 Å². The summed E-state index contributed by atoms with van der Waals surface area (Å²) >= 11 is 0. The van der Waals surface area contributed by atoms with Crippen LogP contribution < -0.4 is 5.32 Å². The Balaban J connectivity index is 2.32. The number of pyridine rings is 1. The molecule has 1 aromatic heterocycles. The van der Waals surface area contributed by atoms with E-state index in [1.165, 1.54) is 10.6 Å². The minimum atomic E-state index is -3.15. The number of hydrogen-bond donors (Lipinski definition) is 1. The quantitative estimate of drug-likeness (QED) is 0.882. The highest BCUT2D eigenvalue weighted by molar-refractivity contribution is 7.88. The first-order valence-electron chi connectivity index (χ1n) is 5.64. The number of hydrogen-bond acceptors (Lipinski definition) is 4. The number of aromatic nitrogens is 1. The van der Waals surface area contributed by atoms with E-state index in [1.807, 2.05) is 18.2 Å². The molecule has 0 unspecified atom stereocenters. The highest BCUT2D eigenvalue weighted by Crippen LogP contribution is 2.33. The van der Waals surface area contributed by atoms with Gasteiger partial charge in [0.05, 0.1) is 18.0 Å². The summed E-state index contributed by atoms with van der Waals surface area (Å²) in [7, 11) is -1.35. The van der Waals surface area contributed by atoms with E-state index >= 15 is 0 Å². The Kier molecular flexibility index (Phi) is 3.35. The number of rotatable bonds is 3. The van der Waals surface area contributed by atoms with Crippen LogP contribution in [0.1, 0.15) is 24.6 Å². The summed E-state index contributed by atoms with van der Waals surface area (Å²) in [5.74, 6) is 0.767. The normalized spacial score (nSPS) is 21.6. The number of nitrogens with zero attached hydrogens (tertiary/aromatic N) is 2. The molecule has 0 radical (unpaired) electrons. The first-order valence-corrected chi connectivity index (χ1v) is 7.49. The first kappa shape index (κ1) is 12.3. The molecule has 0 aromatic carbocycles. The van der Waals surface area contributed by atoms with Crippen molar-refractivity contribution in [2.24, 2.45) is 0 Å². The van der Waals surface area contributed by atoms with Crippen molar-refractivity contribution >= 4 is 15.8 Å². The van der Waals surface area contributed by atoms with Crippen molar-refractivity contribution in [3.8, 4) is 0 Å². The Labute approximate surface area is 102 Å². The summed E-state index contributed by atoms with van der Waals surface area (Å²) in [6.07, 6.45) is 2.99. The molecule has 1 saturated heterocycles. The summed E-state index contributed by atoms with van der Waals surface area (Å²) in [6, 6.07) is 5.53. The summed E-state index contributed by atoms with van der Waals surface area (Å²) in [4.78, 5) is 4.42. The monoisotopic (exact) mass is 255 g/mol. The van der Waals surface area contributed by atoms with Crippen molar-refractivity contribution in [3.05, 3.63) is 23.9 Å². The lowest BCUT2D eigenvalue weighted by Crippen LogP contribution is -2.29. The van der Waals surface area contributed by atoms with Gasteiger partial charge in [-0.15, -0.1) is 0 Å². The predicted molar refractivity (Wildman–Crippen MR) is 67.3 cm³/mol.